The Balaban J connectivity index is 1.65. The van der Waals surface area contributed by atoms with Crippen LogP contribution in [0, 0.1) is 15.9 Å². The van der Waals surface area contributed by atoms with Gasteiger partial charge in [-0.25, -0.2) is 4.79 Å². The van der Waals surface area contributed by atoms with Gasteiger partial charge in [0.15, 0.2) is 11.5 Å². The lowest BCUT2D eigenvalue weighted by molar-refractivity contribution is -0.385. The van der Waals surface area contributed by atoms with Gasteiger partial charge in [0, 0.05) is 32.4 Å². The third-order valence-corrected chi connectivity index (χ3v) is 6.29. The van der Waals surface area contributed by atoms with Gasteiger partial charge in [0.2, 0.25) is 11.2 Å². The number of benzene rings is 1. The summed E-state index contributed by atoms with van der Waals surface area (Å²) < 4.78 is 28.1. The number of nitro groups is 1. The van der Waals surface area contributed by atoms with Crippen molar-refractivity contribution in [2.45, 2.75) is 13.0 Å². The average Bonchev–Trinajstić information content (AvgIpc) is 3.36. The summed E-state index contributed by atoms with van der Waals surface area (Å²) in [6, 6.07) is 2.65. The quantitative estimate of drug-likeness (QED) is 0.433. The number of pyridine rings is 1. The Bertz CT molecular complexity index is 1440. The van der Waals surface area contributed by atoms with Gasteiger partial charge in [-0.3, -0.25) is 19.7 Å². The lowest BCUT2D eigenvalue weighted by Crippen LogP contribution is -2.49. The fraction of sp³-hybridized carbons (Fsp3) is 0.318. The van der Waals surface area contributed by atoms with Crippen molar-refractivity contribution in [3.05, 3.63) is 62.1 Å². The SMILES string of the molecule is CC1COc2c(N3CCN(C(=O)c4ccco4)CC3)c(F)c([N+](=O)[O-])c3c(=O)c(C(=O)O)cn1c23. The highest BCUT2D eigenvalue weighted by atomic mass is 19.1. The topological polar surface area (TPSA) is 148 Å². The number of rotatable bonds is 4. The van der Waals surface area contributed by atoms with Crippen molar-refractivity contribution in [1.29, 1.82) is 0 Å². The van der Waals surface area contributed by atoms with E-state index < -0.39 is 44.8 Å². The fourth-order valence-corrected chi connectivity index (χ4v) is 4.58. The predicted molar refractivity (Wildman–Crippen MR) is 119 cm³/mol. The molecule has 1 aromatic carbocycles. The fourth-order valence-electron chi connectivity index (χ4n) is 4.58. The number of aromatic carboxylic acids is 1. The molecule has 0 aliphatic carbocycles. The number of aromatic nitrogens is 1. The first kappa shape index (κ1) is 22.4. The molecule has 182 valence electrons. The van der Waals surface area contributed by atoms with Crippen molar-refractivity contribution in [3.63, 3.8) is 0 Å². The number of amides is 1. The first-order valence-corrected chi connectivity index (χ1v) is 10.7. The summed E-state index contributed by atoms with van der Waals surface area (Å²) >= 11 is 0. The van der Waals surface area contributed by atoms with Gasteiger partial charge in [0.05, 0.1) is 17.2 Å². The molecule has 0 radical (unpaired) electrons. The number of hydrogen-bond donors (Lipinski definition) is 1. The maximum Gasteiger partial charge on any atom is 0.341 e. The summed E-state index contributed by atoms with van der Waals surface area (Å²) in [5.74, 6) is -3.10. The third kappa shape index (κ3) is 3.38. The van der Waals surface area contributed by atoms with Crippen LogP contribution in [0.4, 0.5) is 15.8 Å². The van der Waals surface area contributed by atoms with Gasteiger partial charge < -0.3 is 28.6 Å². The Morgan fingerprint density at radius 3 is 2.57 bits per heavy atom. The van der Waals surface area contributed by atoms with Gasteiger partial charge in [-0.2, -0.15) is 4.39 Å². The molecule has 1 N–H and O–H groups in total. The largest absolute Gasteiger partial charge is 0.487 e. The standard InChI is InChI=1S/C22H19FN4O8/c1-11-10-35-20-17-14(19(28)12(22(30)31)9-26(11)17)16(27(32)33)15(23)18(20)24-4-6-25(7-5-24)21(29)13-3-2-8-34-13/h2-3,8-9,11H,4-7,10H2,1H3,(H,30,31). The van der Waals surface area contributed by atoms with E-state index in [-0.39, 0.29) is 61.4 Å². The molecule has 3 aromatic rings. The van der Waals surface area contributed by atoms with Crippen LogP contribution in [0.2, 0.25) is 0 Å². The number of nitro benzene ring substituents is 1. The van der Waals surface area contributed by atoms with Crippen molar-refractivity contribution in [2.24, 2.45) is 0 Å². The summed E-state index contributed by atoms with van der Waals surface area (Å²) in [5, 5.41) is 20.7. The summed E-state index contributed by atoms with van der Waals surface area (Å²) in [6.45, 7) is 2.36. The predicted octanol–water partition coefficient (Wildman–Crippen LogP) is 2.26. The lowest BCUT2D eigenvalue weighted by Gasteiger charge is -2.37. The van der Waals surface area contributed by atoms with Crippen molar-refractivity contribution in [1.82, 2.24) is 9.47 Å². The van der Waals surface area contributed by atoms with E-state index in [1.54, 1.807) is 13.0 Å². The van der Waals surface area contributed by atoms with E-state index in [4.69, 9.17) is 9.15 Å². The van der Waals surface area contributed by atoms with Crippen molar-refractivity contribution in [2.75, 3.05) is 37.7 Å². The molecule has 2 aliphatic rings. The van der Waals surface area contributed by atoms with Crippen LogP contribution < -0.4 is 15.1 Å². The van der Waals surface area contributed by atoms with Crippen LogP contribution in [-0.2, 0) is 0 Å². The molecule has 2 aromatic heterocycles. The zero-order valence-electron chi connectivity index (χ0n) is 18.4. The number of nitrogens with zero attached hydrogens (tertiary/aromatic N) is 4. The van der Waals surface area contributed by atoms with E-state index in [2.05, 4.69) is 0 Å². The van der Waals surface area contributed by atoms with Crippen LogP contribution in [0.25, 0.3) is 10.9 Å². The second kappa shape index (κ2) is 8.11. The first-order valence-electron chi connectivity index (χ1n) is 10.7. The Morgan fingerprint density at radius 2 is 1.97 bits per heavy atom. The number of carboxylic acid groups (broad SMARTS) is 1. The summed E-state index contributed by atoms with van der Waals surface area (Å²) in [5.41, 5.74) is -3.19. The highest BCUT2D eigenvalue weighted by Crippen LogP contribution is 2.46. The number of piperazine rings is 1. The van der Waals surface area contributed by atoms with Crippen LogP contribution in [0.15, 0.2) is 33.8 Å². The zero-order valence-corrected chi connectivity index (χ0v) is 18.4. The molecule has 35 heavy (non-hydrogen) atoms. The molecule has 1 saturated heterocycles. The van der Waals surface area contributed by atoms with Gasteiger partial charge in [0.1, 0.15) is 28.8 Å². The molecule has 1 fully saturated rings. The molecule has 12 nitrogen and oxygen atoms in total. The number of hydrogen-bond acceptors (Lipinski definition) is 8. The minimum atomic E-state index is -1.57. The monoisotopic (exact) mass is 486 g/mol. The van der Waals surface area contributed by atoms with E-state index in [1.807, 2.05) is 0 Å². The van der Waals surface area contributed by atoms with Crippen LogP contribution in [-0.4, -0.2) is 64.2 Å². The number of carbonyl (C=O) groups excluding carboxylic acids is 1. The van der Waals surface area contributed by atoms with Gasteiger partial charge in [-0.15, -0.1) is 0 Å². The number of furan rings is 1. The van der Waals surface area contributed by atoms with E-state index in [0.717, 1.165) is 6.20 Å². The highest BCUT2D eigenvalue weighted by Gasteiger charge is 2.38. The third-order valence-electron chi connectivity index (χ3n) is 6.29. The normalized spacial score (nSPS) is 17.4. The molecule has 1 unspecified atom stereocenters. The molecule has 0 bridgehead atoms. The van der Waals surface area contributed by atoms with Crippen molar-refractivity contribution >= 4 is 34.2 Å². The van der Waals surface area contributed by atoms with Crippen LogP contribution in [0.1, 0.15) is 33.9 Å². The van der Waals surface area contributed by atoms with E-state index in [9.17, 15) is 29.6 Å². The molecule has 4 heterocycles. The maximum atomic E-state index is 15.8. The molecule has 0 spiro atoms. The Hall–Kier alpha value is -4.42. The Labute approximate surface area is 195 Å². The minimum absolute atomic E-state index is 0.0315. The summed E-state index contributed by atoms with van der Waals surface area (Å²) in [7, 11) is 0. The Kier molecular flexibility index (Phi) is 5.19. The van der Waals surface area contributed by atoms with Crippen molar-refractivity contribution < 1.29 is 33.2 Å². The highest BCUT2D eigenvalue weighted by molar-refractivity contribution is 6.02. The second-order valence-corrected chi connectivity index (χ2v) is 8.32. The molecule has 5 rings (SSSR count). The smallest absolute Gasteiger partial charge is 0.341 e. The number of carboxylic acids is 1. The molecule has 2 aliphatic heterocycles. The molecular formula is C22H19FN4O8. The van der Waals surface area contributed by atoms with Gasteiger partial charge in [0.25, 0.3) is 5.91 Å². The van der Waals surface area contributed by atoms with Crippen LogP contribution in [0.3, 0.4) is 0 Å². The zero-order chi connectivity index (χ0) is 25.0. The van der Waals surface area contributed by atoms with Gasteiger partial charge in [-0.1, -0.05) is 0 Å². The van der Waals surface area contributed by atoms with Crippen LogP contribution >= 0.6 is 0 Å². The molecule has 0 saturated carbocycles. The van der Waals surface area contributed by atoms with Gasteiger partial charge >= 0.3 is 11.7 Å². The molecule has 1 amide bonds. The molecule has 13 heteroatoms. The number of anilines is 1. The van der Waals surface area contributed by atoms with Crippen molar-refractivity contribution in [3.8, 4) is 5.75 Å². The first-order chi connectivity index (χ1) is 16.7. The average molecular weight is 486 g/mol. The van der Waals surface area contributed by atoms with Crippen LogP contribution in [0.5, 0.6) is 5.75 Å². The molecular weight excluding hydrogens is 467 g/mol. The van der Waals surface area contributed by atoms with Gasteiger partial charge in [-0.05, 0) is 19.1 Å². The van der Waals surface area contributed by atoms with E-state index in [1.165, 1.54) is 26.7 Å². The lowest BCUT2D eigenvalue weighted by atomic mass is 10.0. The summed E-state index contributed by atoms with van der Waals surface area (Å²) in [4.78, 5) is 51.1. The maximum absolute atomic E-state index is 15.8. The number of halogens is 1. The number of ether oxygens (including phenoxy) is 1. The molecule has 1 atom stereocenters. The number of carbonyl (C=O) groups is 2. The minimum Gasteiger partial charge on any atom is -0.487 e. The van der Waals surface area contributed by atoms with E-state index in [0.29, 0.717) is 0 Å². The summed E-state index contributed by atoms with van der Waals surface area (Å²) in [6.07, 6.45) is 2.49. The Morgan fingerprint density at radius 1 is 1.26 bits per heavy atom. The van der Waals surface area contributed by atoms with E-state index >= 15 is 4.39 Å². The second-order valence-electron chi connectivity index (χ2n) is 8.32.